The van der Waals surface area contributed by atoms with Crippen LogP contribution in [0, 0.1) is 0 Å². The topological polar surface area (TPSA) is 57.5 Å². The first-order valence-corrected chi connectivity index (χ1v) is 11.5. The fraction of sp³-hybridized carbons (Fsp3) is 0.957. The molecule has 156 valence electrons. The third-order valence-corrected chi connectivity index (χ3v) is 5.47. The number of hydrogen-bond donors (Lipinski definition) is 2. The minimum Gasteiger partial charge on any atom is -0.481 e. The zero-order valence-electron chi connectivity index (χ0n) is 17.7. The van der Waals surface area contributed by atoms with Crippen LogP contribution < -0.4 is 0 Å². The molecule has 1 unspecified atom stereocenters. The first kappa shape index (κ1) is 25.4. The van der Waals surface area contributed by atoms with Gasteiger partial charge >= 0.3 is 5.97 Å². The summed E-state index contributed by atoms with van der Waals surface area (Å²) >= 11 is 0. The molecule has 0 radical (unpaired) electrons. The summed E-state index contributed by atoms with van der Waals surface area (Å²) in [6.45, 7) is 4.34. The van der Waals surface area contributed by atoms with Gasteiger partial charge in [0, 0.05) is 0 Å². The van der Waals surface area contributed by atoms with Gasteiger partial charge in [-0.05, 0) is 12.8 Å². The number of aliphatic carboxylic acids is 1. The van der Waals surface area contributed by atoms with Gasteiger partial charge in [0.15, 0.2) is 0 Å². The molecule has 0 aliphatic rings. The summed E-state index contributed by atoms with van der Waals surface area (Å²) in [7, 11) is 0. The average molecular weight is 371 g/mol. The molecule has 2 N–H and O–H groups in total. The third kappa shape index (κ3) is 16.9. The second-order valence-electron chi connectivity index (χ2n) is 8.24. The van der Waals surface area contributed by atoms with E-state index < -0.39 is 11.6 Å². The second kappa shape index (κ2) is 17.8. The lowest BCUT2D eigenvalue weighted by Gasteiger charge is -2.26. The highest BCUT2D eigenvalue weighted by molar-refractivity contribution is 5.68. The molecule has 0 bridgehead atoms. The fourth-order valence-electron chi connectivity index (χ4n) is 3.74. The van der Waals surface area contributed by atoms with E-state index in [0.29, 0.717) is 12.8 Å². The molecule has 0 aromatic heterocycles. The van der Waals surface area contributed by atoms with Crippen LogP contribution in [0.4, 0.5) is 0 Å². The van der Waals surface area contributed by atoms with Crippen LogP contribution >= 0.6 is 0 Å². The maximum atomic E-state index is 11.0. The largest absolute Gasteiger partial charge is 0.481 e. The first-order valence-electron chi connectivity index (χ1n) is 11.5. The van der Waals surface area contributed by atoms with Crippen LogP contribution in [0.2, 0.25) is 0 Å². The Morgan fingerprint density at radius 2 is 0.962 bits per heavy atom. The van der Waals surface area contributed by atoms with Crippen molar-refractivity contribution >= 4 is 5.97 Å². The lowest BCUT2D eigenvalue weighted by atomic mass is 9.87. The Hall–Kier alpha value is -0.570. The molecule has 1 atom stereocenters. The average Bonchev–Trinajstić information content (AvgIpc) is 2.60. The number of unbranched alkanes of at least 4 members (excludes halogenated alkanes) is 14. The van der Waals surface area contributed by atoms with E-state index in [4.69, 9.17) is 5.11 Å². The minimum atomic E-state index is -0.987. The van der Waals surface area contributed by atoms with Gasteiger partial charge in [0.05, 0.1) is 12.0 Å². The predicted octanol–water partition coefficient (Wildman–Crippen LogP) is 7.25. The highest BCUT2D eigenvalue weighted by atomic mass is 16.4. The normalized spacial score (nSPS) is 13.7. The van der Waals surface area contributed by atoms with E-state index in [0.717, 1.165) is 25.7 Å². The van der Waals surface area contributed by atoms with Crippen molar-refractivity contribution in [2.75, 3.05) is 0 Å². The zero-order valence-corrected chi connectivity index (χ0v) is 17.7. The number of carboxylic acids is 1. The van der Waals surface area contributed by atoms with E-state index >= 15 is 0 Å². The molecule has 0 spiro atoms. The van der Waals surface area contributed by atoms with Crippen LogP contribution in [0.3, 0.4) is 0 Å². The Morgan fingerprint density at radius 3 is 1.35 bits per heavy atom. The lowest BCUT2D eigenvalue weighted by molar-refractivity contribution is -0.143. The van der Waals surface area contributed by atoms with Gasteiger partial charge in [-0.25, -0.2) is 0 Å². The van der Waals surface area contributed by atoms with E-state index in [1.807, 2.05) is 0 Å². The molecule has 0 rings (SSSR count). The number of carbonyl (C=O) groups is 1. The Morgan fingerprint density at radius 1 is 0.615 bits per heavy atom. The smallest absolute Gasteiger partial charge is 0.306 e. The van der Waals surface area contributed by atoms with Crippen molar-refractivity contribution in [2.45, 2.75) is 141 Å². The van der Waals surface area contributed by atoms with Crippen molar-refractivity contribution in [3.05, 3.63) is 0 Å². The van der Waals surface area contributed by atoms with Gasteiger partial charge in [0.25, 0.3) is 0 Å². The molecule has 0 fully saturated rings. The summed E-state index contributed by atoms with van der Waals surface area (Å²) in [6, 6.07) is 0. The summed E-state index contributed by atoms with van der Waals surface area (Å²) in [6.07, 6.45) is 21.4. The lowest BCUT2D eigenvalue weighted by Crippen LogP contribution is -2.31. The second-order valence-corrected chi connectivity index (χ2v) is 8.24. The Balaban J connectivity index is 3.48. The molecule has 3 nitrogen and oxygen atoms in total. The van der Waals surface area contributed by atoms with Crippen molar-refractivity contribution in [1.82, 2.24) is 0 Å². The van der Waals surface area contributed by atoms with Crippen molar-refractivity contribution in [3.8, 4) is 0 Å². The summed E-state index contributed by atoms with van der Waals surface area (Å²) in [5, 5.41) is 19.5. The van der Waals surface area contributed by atoms with Crippen LogP contribution in [-0.4, -0.2) is 21.8 Å². The van der Waals surface area contributed by atoms with Crippen molar-refractivity contribution in [1.29, 1.82) is 0 Å². The Kier molecular flexibility index (Phi) is 17.4. The maximum absolute atomic E-state index is 11.0. The third-order valence-electron chi connectivity index (χ3n) is 5.47. The molecule has 0 aliphatic heterocycles. The summed E-state index contributed by atoms with van der Waals surface area (Å²) in [5.41, 5.74) is -0.987. The minimum absolute atomic E-state index is 0.106. The molecular formula is C23H46O3. The summed E-state index contributed by atoms with van der Waals surface area (Å²) in [4.78, 5) is 11.0. The molecule has 0 saturated heterocycles. The van der Waals surface area contributed by atoms with E-state index in [1.165, 1.54) is 77.0 Å². The first-order chi connectivity index (χ1) is 12.5. The highest BCUT2D eigenvalue weighted by Gasteiger charge is 2.28. The van der Waals surface area contributed by atoms with Gasteiger partial charge in [-0.1, -0.05) is 117 Å². The molecule has 0 aliphatic carbocycles. The van der Waals surface area contributed by atoms with Gasteiger partial charge in [-0.15, -0.1) is 0 Å². The summed E-state index contributed by atoms with van der Waals surface area (Å²) in [5.74, 6) is -0.881. The molecule has 0 heterocycles. The SMILES string of the molecule is CCCCCCCCCCCCCCCCC(O)(CCCC)CC(=O)O. The fourth-order valence-corrected chi connectivity index (χ4v) is 3.74. The van der Waals surface area contributed by atoms with Crippen LogP contribution in [0.15, 0.2) is 0 Å². The zero-order chi connectivity index (χ0) is 19.5. The van der Waals surface area contributed by atoms with Crippen molar-refractivity contribution < 1.29 is 15.0 Å². The number of hydrogen-bond acceptors (Lipinski definition) is 2. The van der Waals surface area contributed by atoms with E-state index in [-0.39, 0.29) is 6.42 Å². The maximum Gasteiger partial charge on any atom is 0.306 e. The monoisotopic (exact) mass is 370 g/mol. The molecule has 0 saturated carbocycles. The van der Waals surface area contributed by atoms with Gasteiger partial charge < -0.3 is 10.2 Å². The number of aliphatic hydroxyl groups is 1. The summed E-state index contributed by atoms with van der Waals surface area (Å²) < 4.78 is 0. The Labute approximate surface area is 163 Å². The van der Waals surface area contributed by atoms with E-state index in [1.54, 1.807) is 0 Å². The van der Waals surface area contributed by atoms with Gasteiger partial charge in [-0.2, -0.15) is 0 Å². The molecule has 0 aromatic carbocycles. The molecule has 0 aromatic rings. The van der Waals surface area contributed by atoms with Crippen LogP contribution in [0.1, 0.15) is 136 Å². The Bertz CT molecular complexity index is 317. The molecule has 0 amide bonds. The molecular weight excluding hydrogens is 324 g/mol. The molecule has 26 heavy (non-hydrogen) atoms. The van der Waals surface area contributed by atoms with Crippen molar-refractivity contribution in [3.63, 3.8) is 0 Å². The predicted molar refractivity (Wildman–Crippen MR) is 112 cm³/mol. The van der Waals surface area contributed by atoms with E-state index in [2.05, 4.69) is 13.8 Å². The van der Waals surface area contributed by atoms with Crippen LogP contribution in [0.5, 0.6) is 0 Å². The molecule has 3 heteroatoms. The van der Waals surface area contributed by atoms with Crippen molar-refractivity contribution in [2.24, 2.45) is 0 Å². The quantitative estimate of drug-likeness (QED) is 0.222. The van der Waals surface area contributed by atoms with Crippen LogP contribution in [0.25, 0.3) is 0 Å². The van der Waals surface area contributed by atoms with Crippen LogP contribution in [-0.2, 0) is 4.79 Å². The van der Waals surface area contributed by atoms with Gasteiger partial charge in [0.2, 0.25) is 0 Å². The highest BCUT2D eigenvalue weighted by Crippen LogP contribution is 2.26. The number of rotatable bonds is 20. The number of carboxylic acid groups (broad SMARTS) is 1. The van der Waals surface area contributed by atoms with E-state index in [9.17, 15) is 9.90 Å². The standard InChI is InChI=1S/C23H46O3/c1-3-5-7-8-9-10-11-12-13-14-15-16-17-18-20-23(26,19-6-4-2)21-22(24)25/h26H,3-21H2,1-2H3,(H,24,25). The van der Waals surface area contributed by atoms with Gasteiger partial charge in [0.1, 0.15) is 0 Å². The van der Waals surface area contributed by atoms with Gasteiger partial charge in [-0.3, -0.25) is 4.79 Å².